The van der Waals surface area contributed by atoms with E-state index in [9.17, 15) is 5.11 Å². The van der Waals surface area contributed by atoms with Crippen LogP contribution < -0.4 is 0 Å². The molecule has 0 aromatic heterocycles. The minimum absolute atomic E-state index is 0.195. The Kier molecular flexibility index (Phi) is 5.00. The lowest BCUT2D eigenvalue weighted by Crippen LogP contribution is -2.46. The fourth-order valence-electron chi connectivity index (χ4n) is 2.89. The van der Waals surface area contributed by atoms with Gasteiger partial charge in [-0.2, -0.15) is 0 Å². The lowest BCUT2D eigenvalue weighted by Gasteiger charge is -2.40. The van der Waals surface area contributed by atoms with Crippen molar-refractivity contribution in [3.05, 3.63) is 11.8 Å². The first-order valence-electron chi connectivity index (χ1n) is 8.23. The summed E-state index contributed by atoms with van der Waals surface area (Å²) < 4.78 is 6.50. The maximum absolute atomic E-state index is 11.3. The molecule has 0 aromatic rings. The molecule has 1 aliphatic rings. The topological polar surface area (TPSA) is 29.5 Å². The Morgan fingerprint density at radius 1 is 1.19 bits per heavy atom. The maximum Gasteiger partial charge on any atom is 0.250 e. The molecular weight excluding hydrogens is 292 g/mol. The van der Waals surface area contributed by atoms with Crippen LogP contribution >= 0.6 is 0 Å². The summed E-state index contributed by atoms with van der Waals surface area (Å²) in [5, 5.41) is 11.4. The van der Waals surface area contributed by atoms with Gasteiger partial charge in [0.05, 0.1) is 19.4 Å². The van der Waals surface area contributed by atoms with E-state index >= 15 is 0 Å². The van der Waals surface area contributed by atoms with Crippen molar-refractivity contribution >= 4 is 16.4 Å². The zero-order chi connectivity index (χ0) is 16.9. The van der Waals surface area contributed by atoms with Crippen molar-refractivity contribution in [3.8, 4) is 0 Å². The van der Waals surface area contributed by atoms with E-state index < -0.39 is 22.0 Å². The maximum atomic E-state index is 11.3. The highest BCUT2D eigenvalue weighted by molar-refractivity contribution is 6.78. The van der Waals surface area contributed by atoms with Gasteiger partial charge < -0.3 is 9.53 Å². The third-order valence-electron chi connectivity index (χ3n) is 5.47. The zero-order valence-electron chi connectivity index (χ0n) is 15.8. The molecule has 0 aromatic carbocycles. The summed E-state index contributed by atoms with van der Waals surface area (Å²) in [5.41, 5.74) is -0.341. The predicted octanol–water partition coefficient (Wildman–Crippen LogP) is 5.39. The molecule has 2 nitrogen and oxygen atoms in total. The molecule has 0 spiro atoms. The molecule has 0 aliphatic heterocycles. The molecule has 2 atom stereocenters. The molecule has 4 heteroatoms. The fraction of sp³-hybridized carbons (Fsp3) is 0.882. The molecule has 0 bridgehead atoms. The monoisotopic (exact) mass is 328 g/mol. The van der Waals surface area contributed by atoms with Crippen molar-refractivity contribution in [2.24, 2.45) is 5.92 Å². The summed E-state index contributed by atoms with van der Waals surface area (Å²) in [5.74, 6) is 1.30. The number of hydrogen-bond acceptors (Lipinski definition) is 2. The van der Waals surface area contributed by atoms with E-state index in [2.05, 4.69) is 73.4 Å². The van der Waals surface area contributed by atoms with E-state index in [0.717, 1.165) is 5.76 Å². The smallest absolute Gasteiger partial charge is 0.250 e. The average molecular weight is 329 g/mol. The molecule has 124 valence electrons. The second-order valence-electron chi connectivity index (χ2n) is 9.66. The molecule has 0 saturated heterocycles. The highest BCUT2D eigenvalue weighted by Crippen LogP contribution is 2.50. The predicted molar refractivity (Wildman–Crippen MR) is 97.9 cm³/mol. The molecule has 1 rings (SSSR count). The van der Waals surface area contributed by atoms with Crippen molar-refractivity contribution in [2.75, 3.05) is 0 Å². The second kappa shape index (κ2) is 5.53. The van der Waals surface area contributed by atoms with Gasteiger partial charge in [0.2, 0.25) is 8.32 Å². The highest BCUT2D eigenvalue weighted by atomic mass is 28.4. The van der Waals surface area contributed by atoms with Gasteiger partial charge in [-0.3, -0.25) is 0 Å². The van der Waals surface area contributed by atoms with Crippen molar-refractivity contribution < 1.29 is 9.53 Å². The van der Waals surface area contributed by atoms with Gasteiger partial charge in [0.1, 0.15) is 0 Å². The number of hydrogen-bond donors (Lipinski definition) is 1. The van der Waals surface area contributed by atoms with Crippen LogP contribution in [0.2, 0.25) is 43.3 Å². The molecule has 0 radical (unpaired) electrons. The summed E-state index contributed by atoms with van der Waals surface area (Å²) in [6.45, 7) is 22.7. The van der Waals surface area contributed by atoms with Crippen LogP contribution in [0, 0.1) is 5.92 Å². The molecule has 21 heavy (non-hydrogen) atoms. The third-order valence-corrected chi connectivity index (χ3v) is 12.4. The van der Waals surface area contributed by atoms with Crippen LogP contribution in [0.1, 0.15) is 41.0 Å². The molecule has 0 fully saturated rings. The van der Waals surface area contributed by atoms with Crippen LogP contribution in [0.5, 0.6) is 0 Å². The summed E-state index contributed by atoms with van der Waals surface area (Å²) in [4.78, 5) is 0. The lowest BCUT2D eigenvalue weighted by atomic mass is 9.87. The molecule has 0 unspecified atom stereocenters. The molecule has 0 amide bonds. The van der Waals surface area contributed by atoms with E-state index in [1.54, 1.807) is 0 Å². The van der Waals surface area contributed by atoms with E-state index in [4.69, 9.17) is 4.43 Å². The van der Waals surface area contributed by atoms with Gasteiger partial charge in [-0.15, -0.1) is 0 Å². The van der Waals surface area contributed by atoms with Crippen LogP contribution in [0.25, 0.3) is 0 Å². The number of rotatable bonds is 4. The SMILES string of the molecule is CC(C)[C@@]1(O)CC(O[Si](C)(C)C(C)(C)C)=C[C@@H]1[Si](C)(C)C. The number of aliphatic hydroxyl groups is 1. The fourth-order valence-corrected chi connectivity index (χ4v) is 6.62. The third kappa shape index (κ3) is 3.83. The Morgan fingerprint density at radius 3 is 1.95 bits per heavy atom. The van der Waals surface area contributed by atoms with Crippen molar-refractivity contribution in [1.82, 2.24) is 0 Å². The van der Waals surface area contributed by atoms with Gasteiger partial charge in [-0.1, -0.05) is 54.3 Å². The molecule has 0 heterocycles. The lowest BCUT2D eigenvalue weighted by molar-refractivity contribution is 0.000231. The minimum Gasteiger partial charge on any atom is -0.547 e. The van der Waals surface area contributed by atoms with Crippen LogP contribution in [0.4, 0.5) is 0 Å². The normalized spacial score (nSPS) is 28.0. The first-order valence-corrected chi connectivity index (χ1v) is 14.7. The van der Waals surface area contributed by atoms with Gasteiger partial charge in [-0.05, 0) is 30.1 Å². The largest absolute Gasteiger partial charge is 0.547 e. The molecule has 0 saturated carbocycles. The Bertz CT molecular complexity index is 413. The van der Waals surface area contributed by atoms with Gasteiger partial charge >= 0.3 is 0 Å². The highest BCUT2D eigenvalue weighted by Gasteiger charge is 2.51. The molecule has 1 aliphatic carbocycles. The first kappa shape index (κ1) is 19.0. The minimum atomic E-state index is -1.82. The van der Waals surface area contributed by atoms with E-state index in [0.29, 0.717) is 6.42 Å². The summed E-state index contributed by atoms with van der Waals surface area (Å²) in [7, 11) is -3.30. The van der Waals surface area contributed by atoms with E-state index in [1.165, 1.54) is 0 Å². The quantitative estimate of drug-likeness (QED) is 0.701. The second-order valence-corrected chi connectivity index (χ2v) is 19.7. The van der Waals surface area contributed by atoms with Crippen molar-refractivity contribution in [1.29, 1.82) is 0 Å². The summed E-state index contributed by atoms with van der Waals surface area (Å²) in [6, 6.07) is 0. The van der Waals surface area contributed by atoms with Crippen LogP contribution in [0.15, 0.2) is 11.8 Å². The Morgan fingerprint density at radius 2 is 1.67 bits per heavy atom. The first-order chi connectivity index (χ1) is 9.11. The van der Waals surface area contributed by atoms with Crippen LogP contribution in [-0.4, -0.2) is 27.1 Å². The van der Waals surface area contributed by atoms with Gasteiger partial charge in [-0.25, -0.2) is 0 Å². The van der Waals surface area contributed by atoms with Crippen molar-refractivity contribution in [2.45, 2.75) is 90.0 Å². The Hall–Kier alpha value is -0.0662. The van der Waals surface area contributed by atoms with Crippen LogP contribution in [0.3, 0.4) is 0 Å². The van der Waals surface area contributed by atoms with Gasteiger partial charge in [0.25, 0.3) is 0 Å². The van der Waals surface area contributed by atoms with Gasteiger partial charge in [0.15, 0.2) is 0 Å². The van der Waals surface area contributed by atoms with Gasteiger partial charge in [0, 0.05) is 12.0 Å². The summed E-state index contributed by atoms with van der Waals surface area (Å²) in [6.07, 6.45) is 2.96. The van der Waals surface area contributed by atoms with E-state index in [-0.39, 0.29) is 16.5 Å². The molecule has 1 N–H and O–H groups in total. The standard InChI is InChI=1S/C17H36O2Si2/c1-13(2)17(18)12-14(11-15(17)20(6,7)8)19-21(9,10)16(3,4)5/h11,13,15,18H,12H2,1-10H3/t15-,17-/m0/s1. The molecular formula is C17H36O2Si2. The van der Waals surface area contributed by atoms with Crippen LogP contribution in [-0.2, 0) is 4.43 Å². The summed E-state index contributed by atoms with van der Waals surface area (Å²) >= 11 is 0. The van der Waals surface area contributed by atoms with Crippen molar-refractivity contribution in [3.63, 3.8) is 0 Å². The van der Waals surface area contributed by atoms with E-state index in [1.807, 2.05) is 0 Å². The Labute approximate surface area is 134 Å². The average Bonchev–Trinajstić information content (AvgIpc) is 2.53. The zero-order valence-corrected chi connectivity index (χ0v) is 17.8. The Balaban J connectivity index is 3.08.